The summed E-state index contributed by atoms with van der Waals surface area (Å²) in [6.07, 6.45) is 0.778. The largest absolute Gasteiger partial charge is 0.335 e. The molecule has 1 aliphatic rings. The molecular formula is C21H21FN6O2. The lowest BCUT2D eigenvalue weighted by atomic mass is 9.90. The zero-order valence-corrected chi connectivity index (χ0v) is 16.7. The molecular weight excluding hydrogens is 387 g/mol. The van der Waals surface area contributed by atoms with Crippen molar-refractivity contribution in [1.82, 2.24) is 25.1 Å². The molecule has 1 aliphatic heterocycles. The number of fused-ring (bicyclic) bond motifs is 1. The van der Waals surface area contributed by atoms with E-state index in [2.05, 4.69) is 20.8 Å². The van der Waals surface area contributed by atoms with Gasteiger partial charge in [-0.15, -0.1) is 5.10 Å². The fourth-order valence-electron chi connectivity index (χ4n) is 3.84. The molecule has 2 aromatic carbocycles. The van der Waals surface area contributed by atoms with E-state index in [1.807, 2.05) is 24.3 Å². The Morgan fingerprint density at radius 2 is 2.03 bits per heavy atom. The SMILES string of the molecule is CC(=O)N1CCc2ccccc2C1CC(=O)Nc1cc(-n2nnnc2C)ccc1F. The number of nitrogens with zero attached hydrogens (tertiary/aromatic N) is 5. The van der Waals surface area contributed by atoms with Crippen molar-refractivity contribution in [2.75, 3.05) is 11.9 Å². The zero-order chi connectivity index (χ0) is 21.3. The van der Waals surface area contributed by atoms with Crippen LogP contribution in [0.4, 0.5) is 10.1 Å². The van der Waals surface area contributed by atoms with E-state index in [0.717, 1.165) is 17.5 Å². The summed E-state index contributed by atoms with van der Waals surface area (Å²) in [5.74, 6) is -0.503. The number of benzene rings is 2. The Labute approximate surface area is 172 Å². The van der Waals surface area contributed by atoms with Gasteiger partial charge < -0.3 is 10.2 Å². The van der Waals surface area contributed by atoms with Gasteiger partial charge in [0.25, 0.3) is 0 Å². The van der Waals surface area contributed by atoms with E-state index in [4.69, 9.17) is 0 Å². The highest BCUT2D eigenvalue weighted by molar-refractivity contribution is 5.92. The quantitative estimate of drug-likeness (QED) is 0.716. The van der Waals surface area contributed by atoms with Crippen molar-refractivity contribution in [1.29, 1.82) is 0 Å². The number of aromatic nitrogens is 4. The van der Waals surface area contributed by atoms with Gasteiger partial charge >= 0.3 is 0 Å². The lowest BCUT2D eigenvalue weighted by molar-refractivity contribution is -0.132. The molecule has 30 heavy (non-hydrogen) atoms. The van der Waals surface area contributed by atoms with Crippen LogP contribution >= 0.6 is 0 Å². The summed E-state index contributed by atoms with van der Waals surface area (Å²) in [7, 11) is 0. The zero-order valence-electron chi connectivity index (χ0n) is 16.7. The maximum Gasteiger partial charge on any atom is 0.226 e. The lowest BCUT2D eigenvalue weighted by Crippen LogP contribution is -2.40. The average molecular weight is 408 g/mol. The van der Waals surface area contributed by atoms with E-state index in [-0.39, 0.29) is 30.0 Å². The molecule has 0 radical (unpaired) electrons. The number of tetrazole rings is 1. The van der Waals surface area contributed by atoms with Crippen LogP contribution in [0.2, 0.25) is 0 Å². The third-order valence-corrected chi connectivity index (χ3v) is 5.29. The second-order valence-corrected chi connectivity index (χ2v) is 7.23. The minimum atomic E-state index is -0.565. The summed E-state index contributed by atoms with van der Waals surface area (Å²) in [5, 5.41) is 13.9. The summed E-state index contributed by atoms with van der Waals surface area (Å²) >= 11 is 0. The fraction of sp³-hybridized carbons (Fsp3) is 0.286. The molecule has 154 valence electrons. The topological polar surface area (TPSA) is 93.0 Å². The lowest BCUT2D eigenvalue weighted by Gasteiger charge is -2.36. The van der Waals surface area contributed by atoms with Crippen molar-refractivity contribution in [3.8, 4) is 5.69 Å². The third kappa shape index (κ3) is 3.78. The Hall–Kier alpha value is -3.62. The normalized spacial score (nSPS) is 15.6. The predicted octanol–water partition coefficient (Wildman–Crippen LogP) is 2.58. The Bertz CT molecular complexity index is 1110. The smallest absolute Gasteiger partial charge is 0.226 e. The van der Waals surface area contributed by atoms with Crippen molar-refractivity contribution in [2.45, 2.75) is 32.7 Å². The van der Waals surface area contributed by atoms with Crippen LogP contribution in [0.15, 0.2) is 42.5 Å². The molecule has 2 amide bonds. The number of carbonyl (C=O) groups is 2. The number of amides is 2. The number of carbonyl (C=O) groups excluding carboxylic acids is 2. The van der Waals surface area contributed by atoms with Gasteiger partial charge in [-0.25, -0.2) is 4.39 Å². The molecule has 0 fully saturated rings. The first-order chi connectivity index (χ1) is 14.4. The maximum atomic E-state index is 14.4. The standard InChI is InChI=1S/C21H21FN6O2/c1-13-24-25-26-28(13)16-7-8-18(22)19(11-16)23-21(30)12-20-17-6-4-3-5-15(17)9-10-27(20)14(2)29/h3-8,11,20H,9-10,12H2,1-2H3,(H,23,30). The van der Waals surface area contributed by atoms with Crippen LogP contribution in [0.1, 0.15) is 36.3 Å². The highest BCUT2D eigenvalue weighted by Crippen LogP contribution is 2.32. The van der Waals surface area contributed by atoms with E-state index in [9.17, 15) is 14.0 Å². The number of halogens is 1. The average Bonchev–Trinajstić information content (AvgIpc) is 3.15. The third-order valence-electron chi connectivity index (χ3n) is 5.29. The summed E-state index contributed by atoms with van der Waals surface area (Å²) in [6.45, 7) is 3.77. The number of rotatable bonds is 4. The molecule has 9 heteroatoms. The number of aryl methyl sites for hydroxylation is 1. The predicted molar refractivity (Wildman–Crippen MR) is 107 cm³/mol. The minimum Gasteiger partial charge on any atom is -0.335 e. The highest BCUT2D eigenvalue weighted by atomic mass is 19.1. The molecule has 1 N–H and O–H groups in total. The molecule has 0 aliphatic carbocycles. The summed E-state index contributed by atoms with van der Waals surface area (Å²) < 4.78 is 15.8. The van der Waals surface area contributed by atoms with E-state index >= 15 is 0 Å². The van der Waals surface area contributed by atoms with Gasteiger partial charge in [0.2, 0.25) is 11.8 Å². The molecule has 1 aromatic heterocycles. The van der Waals surface area contributed by atoms with Gasteiger partial charge in [0, 0.05) is 13.5 Å². The molecule has 2 heterocycles. The molecule has 0 saturated carbocycles. The van der Waals surface area contributed by atoms with Crippen molar-refractivity contribution in [2.24, 2.45) is 0 Å². The van der Waals surface area contributed by atoms with E-state index in [1.54, 1.807) is 11.8 Å². The van der Waals surface area contributed by atoms with Crippen LogP contribution < -0.4 is 5.32 Å². The monoisotopic (exact) mass is 408 g/mol. The number of hydrogen-bond donors (Lipinski definition) is 1. The second kappa shape index (κ2) is 8.02. The van der Waals surface area contributed by atoms with Crippen LogP contribution in [-0.2, 0) is 16.0 Å². The van der Waals surface area contributed by atoms with Gasteiger partial charge in [-0.05, 0) is 53.1 Å². The molecule has 8 nitrogen and oxygen atoms in total. The van der Waals surface area contributed by atoms with Crippen molar-refractivity contribution < 1.29 is 14.0 Å². The van der Waals surface area contributed by atoms with Crippen LogP contribution in [0, 0.1) is 12.7 Å². The Balaban J connectivity index is 1.57. The van der Waals surface area contributed by atoms with E-state index in [0.29, 0.717) is 18.1 Å². The van der Waals surface area contributed by atoms with Crippen molar-refractivity contribution in [3.05, 3.63) is 65.2 Å². The van der Waals surface area contributed by atoms with Crippen molar-refractivity contribution in [3.63, 3.8) is 0 Å². The van der Waals surface area contributed by atoms with Crippen molar-refractivity contribution >= 4 is 17.5 Å². The first kappa shape index (κ1) is 19.7. The fourth-order valence-corrected chi connectivity index (χ4v) is 3.84. The van der Waals surface area contributed by atoms with Crippen LogP contribution in [-0.4, -0.2) is 43.5 Å². The van der Waals surface area contributed by atoms with Gasteiger partial charge in [0.15, 0.2) is 5.82 Å². The summed E-state index contributed by atoms with van der Waals surface area (Å²) in [4.78, 5) is 26.6. The molecule has 0 saturated heterocycles. The Morgan fingerprint density at radius 3 is 2.77 bits per heavy atom. The van der Waals surface area contributed by atoms with Gasteiger partial charge in [-0.1, -0.05) is 24.3 Å². The summed E-state index contributed by atoms with van der Waals surface area (Å²) in [5.41, 5.74) is 2.64. The summed E-state index contributed by atoms with van der Waals surface area (Å²) in [6, 6.07) is 11.7. The van der Waals surface area contributed by atoms with Crippen LogP contribution in [0.3, 0.4) is 0 Å². The molecule has 0 bridgehead atoms. The van der Waals surface area contributed by atoms with E-state index in [1.165, 1.54) is 29.8 Å². The molecule has 0 spiro atoms. The first-order valence-corrected chi connectivity index (χ1v) is 9.64. The second-order valence-electron chi connectivity index (χ2n) is 7.23. The van der Waals surface area contributed by atoms with Gasteiger partial charge in [0.05, 0.1) is 23.8 Å². The van der Waals surface area contributed by atoms with E-state index < -0.39 is 5.82 Å². The number of anilines is 1. The minimum absolute atomic E-state index is 0.0319. The molecule has 1 unspecified atom stereocenters. The van der Waals surface area contributed by atoms with Crippen LogP contribution in [0.25, 0.3) is 5.69 Å². The highest BCUT2D eigenvalue weighted by Gasteiger charge is 2.30. The number of hydrogen-bond acceptors (Lipinski definition) is 5. The van der Waals surface area contributed by atoms with Gasteiger partial charge in [0.1, 0.15) is 5.82 Å². The van der Waals surface area contributed by atoms with Gasteiger partial charge in [-0.2, -0.15) is 4.68 Å². The van der Waals surface area contributed by atoms with Gasteiger partial charge in [-0.3, -0.25) is 9.59 Å². The Kier molecular flexibility index (Phi) is 5.26. The number of nitrogens with one attached hydrogen (secondary N) is 1. The maximum absolute atomic E-state index is 14.4. The molecule has 4 rings (SSSR count). The molecule has 3 aromatic rings. The van der Waals surface area contributed by atoms with Crippen LogP contribution in [0.5, 0.6) is 0 Å². The first-order valence-electron chi connectivity index (χ1n) is 9.64. The Morgan fingerprint density at radius 1 is 1.23 bits per heavy atom. The molecule has 1 atom stereocenters.